The number of nitrogens with one attached hydrogen (secondary N) is 2. The topological polar surface area (TPSA) is 67.1 Å². The largest absolute Gasteiger partial charge is 0.356 e. The van der Waals surface area contributed by atoms with E-state index in [0.717, 1.165) is 50.7 Å². The summed E-state index contributed by atoms with van der Waals surface area (Å²) in [6.45, 7) is 4.60. The van der Waals surface area contributed by atoms with E-state index in [4.69, 9.17) is 0 Å². The van der Waals surface area contributed by atoms with E-state index < -0.39 is 0 Å². The first-order valence-corrected chi connectivity index (χ1v) is 10.5. The maximum atomic E-state index is 4.50. The minimum absolute atomic E-state index is 0.780. The third kappa shape index (κ3) is 5.92. The third-order valence-electron chi connectivity index (χ3n) is 4.44. The zero-order chi connectivity index (χ0) is 19.6. The van der Waals surface area contributed by atoms with Crippen LogP contribution in [0, 0.1) is 0 Å². The first-order valence-electron chi connectivity index (χ1n) is 9.70. The van der Waals surface area contributed by atoms with Crippen LogP contribution in [-0.4, -0.2) is 40.6 Å². The van der Waals surface area contributed by atoms with E-state index in [-0.39, 0.29) is 0 Å². The smallest absolute Gasteiger partial charge is 0.191 e. The molecule has 0 saturated heterocycles. The Kier molecular flexibility index (Phi) is 7.61. The van der Waals surface area contributed by atoms with Crippen LogP contribution >= 0.6 is 11.3 Å². The fraction of sp³-hybridized carbons (Fsp3) is 0.381. The predicted octanol–water partition coefficient (Wildman–Crippen LogP) is 2.90. The molecule has 2 N–H and O–H groups in total. The van der Waals surface area contributed by atoms with Crippen molar-refractivity contribution in [1.82, 2.24) is 25.2 Å². The summed E-state index contributed by atoms with van der Waals surface area (Å²) >= 11 is 1.79. The van der Waals surface area contributed by atoms with Gasteiger partial charge in [0.1, 0.15) is 5.82 Å². The third-order valence-corrected chi connectivity index (χ3v) is 5.64. The summed E-state index contributed by atoms with van der Waals surface area (Å²) in [5, 5.41) is 7.90. The molecule has 0 atom stereocenters. The van der Waals surface area contributed by atoms with Crippen molar-refractivity contribution in [3.05, 3.63) is 70.2 Å². The van der Waals surface area contributed by atoms with Gasteiger partial charge in [0.05, 0.1) is 5.01 Å². The van der Waals surface area contributed by atoms with Gasteiger partial charge in [0, 0.05) is 63.0 Å². The van der Waals surface area contributed by atoms with Crippen molar-refractivity contribution in [3.8, 4) is 0 Å². The van der Waals surface area contributed by atoms with Crippen molar-refractivity contribution in [2.45, 2.75) is 32.7 Å². The summed E-state index contributed by atoms with van der Waals surface area (Å²) in [4.78, 5) is 14.6. The molecule has 6 nitrogen and oxygen atoms in total. The zero-order valence-corrected chi connectivity index (χ0v) is 17.4. The fourth-order valence-electron chi connectivity index (χ4n) is 2.92. The van der Waals surface area contributed by atoms with E-state index in [2.05, 4.69) is 61.4 Å². The highest BCUT2D eigenvalue weighted by molar-refractivity contribution is 7.11. The van der Waals surface area contributed by atoms with Crippen molar-refractivity contribution in [2.75, 3.05) is 20.1 Å². The van der Waals surface area contributed by atoms with Crippen LogP contribution in [0.5, 0.6) is 0 Å². The van der Waals surface area contributed by atoms with Crippen LogP contribution in [0.15, 0.2) is 53.9 Å². The Labute approximate surface area is 170 Å². The number of benzene rings is 1. The molecule has 3 rings (SSSR count). The number of aliphatic imine (C=N–C) groups is 1. The van der Waals surface area contributed by atoms with Gasteiger partial charge in [-0.15, -0.1) is 11.3 Å². The Hall–Kier alpha value is -2.67. The van der Waals surface area contributed by atoms with Gasteiger partial charge in [-0.05, 0) is 12.0 Å². The van der Waals surface area contributed by atoms with E-state index >= 15 is 0 Å². The van der Waals surface area contributed by atoms with Crippen molar-refractivity contribution in [2.24, 2.45) is 4.99 Å². The number of guanidine groups is 1. The quantitative estimate of drug-likeness (QED) is 0.431. The molecule has 0 radical (unpaired) electrons. The lowest BCUT2D eigenvalue weighted by atomic mass is 10.2. The van der Waals surface area contributed by atoms with Gasteiger partial charge in [-0.3, -0.25) is 4.99 Å². The molecule has 1 aromatic carbocycles. The van der Waals surface area contributed by atoms with Crippen molar-refractivity contribution in [1.29, 1.82) is 0 Å². The number of aromatic nitrogens is 3. The highest BCUT2D eigenvalue weighted by atomic mass is 32.1. The lowest BCUT2D eigenvalue weighted by Crippen LogP contribution is -2.39. The highest BCUT2D eigenvalue weighted by Gasteiger charge is 2.05. The predicted molar refractivity (Wildman–Crippen MR) is 116 cm³/mol. The average molecular weight is 397 g/mol. The number of rotatable bonds is 9. The number of nitrogens with zero attached hydrogens (tertiary/aromatic N) is 4. The summed E-state index contributed by atoms with van der Waals surface area (Å²) in [5.41, 5.74) is 1.28. The van der Waals surface area contributed by atoms with Gasteiger partial charge in [-0.2, -0.15) is 0 Å². The molecule has 148 valence electrons. The Morgan fingerprint density at radius 2 is 1.89 bits per heavy atom. The van der Waals surface area contributed by atoms with E-state index in [1.165, 1.54) is 15.4 Å². The standard InChI is InChI=1S/C21H28N6S/c1-3-18-15-26-20(28-18)10-12-25-21(22-2)24-11-9-19-23-13-14-27(19)16-17-7-5-4-6-8-17/h4-8,13-15H,3,9-12,16H2,1-2H3,(H2,22,24,25). The molecule has 0 bridgehead atoms. The summed E-state index contributed by atoms with van der Waals surface area (Å²) in [6.07, 6.45) is 8.68. The van der Waals surface area contributed by atoms with Gasteiger partial charge in [0.15, 0.2) is 5.96 Å². The maximum Gasteiger partial charge on any atom is 0.191 e. The normalized spacial score (nSPS) is 11.6. The monoisotopic (exact) mass is 396 g/mol. The first-order chi connectivity index (χ1) is 13.8. The summed E-state index contributed by atoms with van der Waals surface area (Å²) in [5.74, 6) is 1.88. The van der Waals surface area contributed by atoms with E-state index in [9.17, 15) is 0 Å². The second-order valence-corrected chi connectivity index (χ2v) is 7.66. The van der Waals surface area contributed by atoms with Crippen LogP contribution < -0.4 is 10.6 Å². The molecule has 3 aromatic rings. The molecule has 7 heteroatoms. The highest BCUT2D eigenvalue weighted by Crippen LogP contribution is 2.13. The summed E-state index contributed by atoms with van der Waals surface area (Å²) < 4.78 is 2.20. The number of hydrogen-bond donors (Lipinski definition) is 2. The molecule has 0 aliphatic heterocycles. The van der Waals surface area contributed by atoms with Gasteiger partial charge < -0.3 is 15.2 Å². The molecule has 0 saturated carbocycles. The number of hydrogen-bond acceptors (Lipinski definition) is 4. The van der Waals surface area contributed by atoms with E-state index in [1.54, 1.807) is 18.4 Å². The van der Waals surface area contributed by atoms with Crippen LogP contribution in [0.1, 0.15) is 28.2 Å². The molecule has 28 heavy (non-hydrogen) atoms. The zero-order valence-electron chi connectivity index (χ0n) is 16.6. The van der Waals surface area contributed by atoms with Crippen LogP contribution in [0.25, 0.3) is 0 Å². The van der Waals surface area contributed by atoms with Gasteiger partial charge in [-0.25, -0.2) is 9.97 Å². The number of thiazole rings is 1. The second kappa shape index (κ2) is 10.6. The SMILES string of the molecule is CCc1cnc(CCNC(=NC)NCCc2nccn2Cc2ccccc2)s1. The lowest BCUT2D eigenvalue weighted by molar-refractivity contribution is 0.693. The van der Waals surface area contributed by atoms with Crippen molar-refractivity contribution >= 4 is 17.3 Å². The van der Waals surface area contributed by atoms with E-state index in [1.807, 2.05) is 24.7 Å². The molecule has 2 heterocycles. The first kappa shape index (κ1) is 20.1. The molecule has 0 aliphatic rings. The van der Waals surface area contributed by atoms with Crippen LogP contribution in [0.4, 0.5) is 0 Å². The number of aryl methyl sites for hydroxylation is 1. The Morgan fingerprint density at radius 1 is 1.11 bits per heavy atom. The molecule has 0 spiro atoms. The van der Waals surface area contributed by atoms with Gasteiger partial charge in [-0.1, -0.05) is 37.3 Å². The van der Waals surface area contributed by atoms with E-state index in [0.29, 0.717) is 0 Å². The summed E-state index contributed by atoms with van der Waals surface area (Å²) in [7, 11) is 1.80. The van der Waals surface area contributed by atoms with Gasteiger partial charge in [0.25, 0.3) is 0 Å². The van der Waals surface area contributed by atoms with Crippen molar-refractivity contribution in [3.63, 3.8) is 0 Å². The average Bonchev–Trinajstić information content (AvgIpc) is 3.37. The Morgan fingerprint density at radius 3 is 2.61 bits per heavy atom. The Balaban J connectivity index is 1.41. The van der Waals surface area contributed by atoms with Crippen molar-refractivity contribution < 1.29 is 0 Å². The Bertz CT molecular complexity index is 868. The van der Waals surface area contributed by atoms with Crippen LogP contribution in [0.3, 0.4) is 0 Å². The molecule has 0 aliphatic carbocycles. The summed E-state index contributed by atoms with van der Waals surface area (Å²) in [6, 6.07) is 10.5. The van der Waals surface area contributed by atoms with Crippen LogP contribution in [-0.2, 0) is 25.8 Å². The van der Waals surface area contributed by atoms with Gasteiger partial charge >= 0.3 is 0 Å². The van der Waals surface area contributed by atoms with Crippen LogP contribution in [0.2, 0.25) is 0 Å². The van der Waals surface area contributed by atoms with Gasteiger partial charge in [0.2, 0.25) is 0 Å². The second-order valence-electron chi connectivity index (χ2n) is 6.46. The molecule has 0 unspecified atom stereocenters. The molecule has 0 fully saturated rings. The lowest BCUT2D eigenvalue weighted by Gasteiger charge is -2.12. The fourth-order valence-corrected chi connectivity index (χ4v) is 3.78. The number of imidazole rings is 1. The maximum absolute atomic E-state index is 4.50. The molecular formula is C21H28N6S. The molecular weight excluding hydrogens is 368 g/mol. The molecule has 2 aromatic heterocycles. The minimum Gasteiger partial charge on any atom is -0.356 e. The minimum atomic E-state index is 0.780. The molecule has 0 amide bonds.